The lowest BCUT2D eigenvalue weighted by atomic mass is 9.46. The van der Waals surface area contributed by atoms with Crippen molar-refractivity contribution in [3.63, 3.8) is 0 Å². The number of ether oxygens (including phenoxy) is 4. The molecule has 0 bridgehead atoms. The number of pyridine rings is 1. The second-order valence-electron chi connectivity index (χ2n) is 11.4. The summed E-state index contributed by atoms with van der Waals surface area (Å²) in [5.41, 5.74) is 1.69. The smallest absolute Gasteiger partial charge is 0.160 e. The number of aromatic nitrogens is 1. The largest absolute Gasteiger partial charge is 0.495 e. The molecule has 5 rings (SSSR count). The van der Waals surface area contributed by atoms with Crippen LogP contribution in [0.1, 0.15) is 71.6 Å². The fraction of sp³-hybridized carbons (Fsp3) is 0.750. The topological polar surface area (TPSA) is 49.8 Å². The Kier molecular flexibility index (Phi) is 6.47. The minimum absolute atomic E-state index is 0.0224. The summed E-state index contributed by atoms with van der Waals surface area (Å²) in [6.07, 6.45) is 14.6. The van der Waals surface area contributed by atoms with Crippen LogP contribution in [0.2, 0.25) is 0 Å². The minimum atomic E-state index is 0.0224. The molecule has 0 aromatic carbocycles. The third-order valence-electron chi connectivity index (χ3n) is 9.56. The van der Waals surface area contributed by atoms with Crippen LogP contribution in [-0.4, -0.2) is 37.7 Å². The van der Waals surface area contributed by atoms with Crippen LogP contribution in [0.15, 0.2) is 30.6 Å². The van der Waals surface area contributed by atoms with Gasteiger partial charge in [-0.3, -0.25) is 4.98 Å². The lowest BCUT2D eigenvalue weighted by Gasteiger charge is -2.63. The minimum Gasteiger partial charge on any atom is -0.495 e. The van der Waals surface area contributed by atoms with Crippen LogP contribution in [0.4, 0.5) is 0 Å². The van der Waals surface area contributed by atoms with Crippen LogP contribution in [0.25, 0.3) is 0 Å². The Morgan fingerprint density at radius 3 is 2.67 bits per heavy atom. The predicted octanol–water partition coefficient (Wildman–Crippen LogP) is 6.18. The molecular weight excluding hydrogens is 414 g/mol. The van der Waals surface area contributed by atoms with Crippen molar-refractivity contribution in [3.05, 3.63) is 30.6 Å². The monoisotopic (exact) mass is 455 g/mol. The van der Waals surface area contributed by atoms with Gasteiger partial charge in [-0.2, -0.15) is 0 Å². The number of allylic oxidation sites excluding steroid dienone is 1. The second-order valence-corrected chi connectivity index (χ2v) is 11.4. The Hall–Kier alpha value is -1.59. The van der Waals surface area contributed by atoms with Crippen LogP contribution in [0.3, 0.4) is 0 Å². The summed E-state index contributed by atoms with van der Waals surface area (Å²) < 4.78 is 24.5. The Morgan fingerprint density at radius 2 is 1.88 bits per heavy atom. The van der Waals surface area contributed by atoms with Crippen molar-refractivity contribution < 1.29 is 18.9 Å². The molecular formula is C28H41NO4. The van der Waals surface area contributed by atoms with E-state index in [-0.39, 0.29) is 17.1 Å². The lowest BCUT2D eigenvalue weighted by Crippen LogP contribution is -2.62. The van der Waals surface area contributed by atoms with Crippen LogP contribution in [-0.2, 0) is 9.47 Å². The first-order chi connectivity index (χ1) is 15.9. The van der Waals surface area contributed by atoms with Crippen molar-refractivity contribution in [2.45, 2.75) is 84.0 Å². The van der Waals surface area contributed by atoms with E-state index in [0.29, 0.717) is 30.5 Å². The zero-order chi connectivity index (χ0) is 23.1. The molecule has 5 nitrogen and oxygen atoms in total. The third kappa shape index (κ3) is 4.20. The molecule has 1 aliphatic heterocycles. The van der Waals surface area contributed by atoms with Crippen molar-refractivity contribution in [3.8, 4) is 11.5 Å². The first-order valence-electron chi connectivity index (χ1n) is 13.0. The van der Waals surface area contributed by atoms with Gasteiger partial charge in [-0.05, 0) is 62.2 Å². The first-order valence-corrected chi connectivity index (χ1v) is 13.0. The van der Waals surface area contributed by atoms with E-state index in [2.05, 4.69) is 25.4 Å². The van der Waals surface area contributed by atoms with E-state index in [1.54, 1.807) is 19.5 Å². The fourth-order valence-corrected chi connectivity index (χ4v) is 7.75. The highest BCUT2D eigenvalue weighted by molar-refractivity contribution is 5.28. The Bertz CT molecular complexity index is 852. The van der Waals surface area contributed by atoms with E-state index in [4.69, 9.17) is 18.9 Å². The van der Waals surface area contributed by atoms with Gasteiger partial charge in [-0.25, -0.2) is 0 Å². The average Bonchev–Trinajstić information content (AvgIpc) is 3.35. The highest BCUT2D eigenvalue weighted by Gasteiger charge is 2.60. The van der Waals surface area contributed by atoms with Gasteiger partial charge < -0.3 is 18.9 Å². The Labute approximate surface area is 199 Å². The molecule has 182 valence electrons. The maximum absolute atomic E-state index is 6.71. The van der Waals surface area contributed by atoms with Gasteiger partial charge in [0.25, 0.3) is 0 Å². The number of fused-ring (bicyclic) bond motifs is 3. The molecule has 0 radical (unpaired) electrons. The number of hydrogen-bond acceptors (Lipinski definition) is 5. The van der Waals surface area contributed by atoms with Crippen molar-refractivity contribution in [1.29, 1.82) is 0 Å². The molecule has 1 aromatic rings. The van der Waals surface area contributed by atoms with Gasteiger partial charge >= 0.3 is 0 Å². The molecule has 1 aromatic heterocycles. The van der Waals surface area contributed by atoms with E-state index in [9.17, 15) is 0 Å². The number of rotatable bonds is 6. The van der Waals surface area contributed by atoms with Gasteiger partial charge in [0, 0.05) is 17.4 Å². The number of hydrogen-bond donors (Lipinski definition) is 0. The van der Waals surface area contributed by atoms with E-state index >= 15 is 0 Å². The van der Waals surface area contributed by atoms with Crippen molar-refractivity contribution in [1.82, 2.24) is 4.98 Å². The Balaban J connectivity index is 1.27. The van der Waals surface area contributed by atoms with Crippen molar-refractivity contribution in [2.75, 3.05) is 20.3 Å². The molecule has 0 amide bonds. The van der Waals surface area contributed by atoms with E-state index in [1.165, 1.54) is 44.1 Å². The molecule has 3 saturated carbocycles. The van der Waals surface area contributed by atoms with E-state index in [1.807, 2.05) is 6.07 Å². The zero-order valence-electron chi connectivity index (χ0n) is 20.7. The van der Waals surface area contributed by atoms with Gasteiger partial charge in [0.1, 0.15) is 11.5 Å². The molecule has 33 heavy (non-hydrogen) atoms. The van der Waals surface area contributed by atoms with Crippen LogP contribution in [0.5, 0.6) is 11.5 Å². The standard InChI is InChI=1S/C28H41NO4/c1-19-9-10-24-27(2,23(19)12-14-31-22-15-21(30-4)16-29-17-22)13-11-25-28(24,3)18-32-26(33-25)20-7-5-6-8-20/h15-17,20,23-26H,1,5-14,18H2,2-4H3/t23-,24?,25-,26-,27+,28+/m1/s1. The molecule has 6 atom stereocenters. The quantitative estimate of drug-likeness (QED) is 0.480. The summed E-state index contributed by atoms with van der Waals surface area (Å²) in [5.74, 6) is 3.13. The maximum atomic E-state index is 6.71. The van der Waals surface area contributed by atoms with Gasteiger partial charge in [-0.15, -0.1) is 0 Å². The van der Waals surface area contributed by atoms with Gasteiger partial charge in [0.2, 0.25) is 0 Å². The lowest BCUT2D eigenvalue weighted by molar-refractivity contribution is -0.316. The highest BCUT2D eigenvalue weighted by atomic mass is 16.7. The van der Waals surface area contributed by atoms with E-state index < -0.39 is 0 Å². The summed E-state index contributed by atoms with van der Waals surface area (Å²) in [5, 5.41) is 0. The average molecular weight is 456 g/mol. The van der Waals surface area contributed by atoms with Crippen LogP contribution in [0, 0.1) is 28.6 Å². The Morgan fingerprint density at radius 1 is 1.09 bits per heavy atom. The number of nitrogens with zero attached hydrogens (tertiary/aromatic N) is 1. The van der Waals surface area contributed by atoms with Crippen LogP contribution >= 0.6 is 0 Å². The first kappa shape index (κ1) is 23.2. The molecule has 2 heterocycles. The molecule has 1 unspecified atom stereocenters. The summed E-state index contributed by atoms with van der Waals surface area (Å²) in [6.45, 7) is 11.0. The van der Waals surface area contributed by atoms with Crippen molar-refractivity contribution in [2.24, 2.45) is 28.6 Å². The molecule has 0 spiro atoms. The van der Waals surface area contributed by atoms with Gasteiger partial charge in [-0.1, -0.05) is 38.8 Å². The second kappa shape index (κ2) is 9.22. The maximum Gasteiger partial charge on any atom is 0.160 e. The van der Waals surface area contributed by atoms with E-state index in [0.717, 1.165) is 37.4 Å². The summed E-state index contributed by atoms with van der Waals surface area (Å²) in [4.78, 5) is 4.21. The number of methoxy groups -OCH3 is 1. The molecule has 4 aliphatic rings. The summed E-state index contributed by atoms with van der Waals surface area (Å²) >= 11 is 0. The summed E-state index contributed by atoms with van der Waals surface area (Å²) in [6, 6.07) is 1.90. The fourth-order valence-electron chi connectivity index (χ4n) is 7.75. The van der Waals surface area contributed by atoms with Crippen molar-refractivity contribution >= 4 is 0 Å². The third-order valence-corrected chi connectivity index (χ3v) is 9.56. The molecule has 1 saturated heterocycles. The molecule has 3 aliphatic carbocycles. The summed E-state index contributed by atoms with van der Waals surface area (Å²) in [7, 11) is 1.65. The SMILES string of the molecule is C=C1CCC2[C@]3(C)CO[C@@H](C4CCCC4)O[C@@H]3CC[C@@]2(C)[C@@H]1CCOc1cncc(OC)c1. The van der Waals surface area contributed by atoms with Gasteiger partial charge in [0.05, 0.1) is 38.8 Å². The van der Waals surface area contributed by atoms with Crippen LogP contribution < -0.4 is 9.47 Å². The zero-order valence-corrected chi connectivity index (χ0v) is 20.7. The predicted molar refractivity (Wildman–Crippen MR) is 128 cm³/mol. The molecule has 5 heteroatoms. The molecule has 4 fully saturated rings. The van der Waals surface area contributed by atoms with Gasteiger partial charge in [0.15, 0.2) is 6.29 Å². The highest BCUT2D eigenvalue weighted by Crippen LogP contribution is 2.63. The molecule has 0 N–H and O–H groups in total. The normalized spacial score (nSPS) is 39.1.